The summed E-state index contributed by atoms with van der Waals surface area (Å²) in [6, 6.07) is 23.2. The van der Waals surface area contributed by atoms with E-state index in [1.54, 1.807) is 0 Å². The van der Waals surface area contributed by atoms with E-state index in [9.17, 15) is 10.1 Å². The summed E-state index contributed by atoms with van der Waals surface area (Å²) in [7, 11) is -2.77. The minimum Gasteiger partial charge on any atom is -0.444 e. The smallest absolute Gasteiger partial charge is 0.407 e. The summed E-state index contributed by atoms with van der Waals surface area (Å²) in [5, 5.41) is 14.7. The molecule has 1 amide bonds. The quantitative estimate of drug-likeness (QED) is 0.538. The summed E-state index contributed by atoms with van der Waals surface area (Å²) in [6.45, 7) is 12.4. The maximum Gasteiger partial charge on any atom is 0.407 e. The number of hydrogen-bond acceptors (Lipinski definition) is 4. The first-order chi connectivity index (χ1) is 16.5. The first kappa shape index (κ1) is 27.0. The zero-order chi connectivity index (χ0) is 25.7. The summed E-state index contributed by atoms with van der Waals surface area (Å²) in [4.78, 5) is 12.8. The van der Waals surface area contributed by atoms with Crippen LogP contribution in [0, 0.1) is 17.2 Å². The normalized spacial score (nSPS) is 21.1. The molecule has 3 rings (SSSR count). The van der Waals surface area contributed by atoms with Gasteiger partial charge in [0.15, 0.2) is 0 Å². The van der Waals surface area contributed by atoms with Crippen molar-refractivity contribution < 1.29 is 14.0 Å². The first-order valence-electron chi connectivity index (χ1n) is 12.6. The lowest BCUT2D eigenvalue weighted by atomic mass is 9.82. The molecule has 5 nitrogen and oxygen atoms in total. The van der Waals surface area contributed by atoms with Gasteiger partial charge in [-0.15, -0.1) is 0 Å². The van der Waals surface area contributed by atoms with E-state index in [4.69, 9.17) is 9.16 Å². The van der Waals surface area contributed by atoms with Crippen molar-refractivity contribution in [1.82, 2.24) is 5.32 Å². The molecule has 0 aromatic heterocycles. The van der Waals surface area contributed by atoms with E-state index in [-0.39, 0.29) is 23.1 Å². The minimum atomic E-state index is -2.77. The molecule has 1 aliphatic carbocycles. The van der Waals surface area contributed by atoms with Crippen LogP contribution in [0.15, 0.2) is 60.7 Å². The van der Waals surface area contributed by atoms with Crippen molar-refractivity contribution in [3.63, 3.8) is 0 Å². The zero-order valence-corrected chi connectivity index (χ0v) is 23.0. The van der Waals surface area contributed by atoms with Gasteiger partial charge in [0.1, 0.15) is 5.60 Å². The molecule has 3 atom stereocenters. The highest BCUT2D eigenvalue weighted by molar-refractivity contribution is 6.99. The number of nitrogens with zero attached hydrogens (tertiary/aromatic N) is 1. The van der Waals surface area contributed by atoms with Gasteiger partial charge in [0.2, 0.25) is 0 Å². The van der Waals surface area contributed by atoms with Crippen molar-refractivity contribution in [2.45, 2.75) is 90.0 Å². The third kappa shape index (κ3) is 6.53. The highest BCUT2D eigenvalue weighted by atomic mass is 28.4. The van der Waals surface area contributed by atoms with Crippen LogP contribution in [-0.4, -0.2) is 32.2 Å². The fourth-order valence-electron chi connectivity index (χ4n) is 5.21. The summed E-state index contributed by atoms with van der Waals surface area (Å²) in [5.41, 5.74) is -0.584. The fourth-order valence-corrected chi connectivity index (χ4v) is 9.97. The molecule has 2 aromatic carbocycles. The van der Waals surface area contributed by atoms with Crippen molar-refractivity contribution >= 4 is 24.8 Å². The van der Waals surface area contributed by atoms with Gasteiger partial charge in [-0.2, -0.15) is 5.26 Å². The molecule has 35 heavy (non-hydrogen) atoms. The average Bonchev–Trinajstić information content (AvgIpc) is 2.78. The topological polar surface area (TPSA) is 71.3 Å². The molecule has 188 valence electrons. The van der Waals surface area contributed by atoms with Crippen LogP contribution in [0.25, 0.3) is 0 Å². The molecular weight excluding hydrogens is 452 g/mol. The number of nitrogens with one attached hydrogen (secondary N) is 1. The van der Waals surface area contributed by atoms with Crippen molar-refractivity contribution in [3.8, 4) is 6.07 Å². The van der Waals surface area contributed by atoms with Gasteiger partial charge in [0, 0.05) is 6.42 Å². The molecule has 1 fully saturated rings. The number of nitriles is 1. The Hall–Kier alpha value is -2.62. The highest BCUT2D eigenvalue weighted by Crippen LogP contribution is 2.40. The maximum absolute atomic E-state index is 12.8. The SMILES string of the molecule is CC(C)(C)OC(=O)N[C@@H]1C[C@@H](CC#N)CC[C@H]1O[Si](c1ccccc1)(c1ccccc1)C(C)(C)C. The Morgan fingerprint density at radius 2 is 1.51 bits per heavy atom. The lowest BCUT2D eigenvalue weighted by Gasteiger charge is -2.48. The molecular formula is C29H40N2O3Si. The fraction of sp³-hybridized carbons (Fsp3) is 0.517. The van der Waals surface area contributed by atoms with Gasteiger partial charge in [-0.1, -0.05) is 81.4 Å². The van der Waals surface area contributed by atoms with Crippen LogP contribution in [0.1, 0.15) is 67.2 Å². The molecule has 1 N–H and O–H groups in total. The molecule has 6 heteroatoms. The van der Waals surface area contributed by atoms with Gasteiger partial charge in [-0.25, -0.2) is 4.79 Å². The molecule has 0 radical (unpaired) electrons. The Kier molecular flexibility index (Phi) is 8.45. The second-order valence-electron chi connectivity index (χ2n) is 11.6. The third-order valence-corrected chi connectivity index (χ3v) is 11.8. The summed E-state index contributed by atoms with van der Waals surface area (Å²) in [6.07, 6.45) is 2.27. The minimum absolute atomic E-state index is 0.157. The molecule has 0 bridgehead atoms. The maximum atomic E-state index is 12.8. The van der Waals surface area contributed by atoms with E-state index in [0.29, 0.717) is 12.8 Å². The number of carbonyl (C=O) groups is 1. The van der Waals surface area contributed by atoms with Crippen molar-refractivity contribution in [2.24, 2.45) is 5.92 Å². The number of ether oxygens (including phenoxy) is 1. The summed E-state index contributed by atoms with van der Waals surface area (Å²) < 4.78 is 13.0. The van der Waals surface area contributed by atoms with E-state index in [1.165, 1.54) is 10.4 Å². The van der Waals surface area contributed by atoms with Gasteiger partial charge < -0.3 is 14.5 Å². The Bertz CT molecular complexity index is 967. The third-order valence-electron chi connectivity index (χ3n) is 6.72. The van der Waals surface area contributed by atoms with Gasteiger partial charge >= 0.3 is 6.09 Å². The molecule has 0 unspecified atom stereocenters. The van der Waals surface area contributed by atoms with Crippen LogP contribution >= 0.6 is 0 Å². The Labute approximate surface area is 212 Å². The molecule has 0 spiro atoms. The monoisotopic (exact) mass is 492 g/mol. The van der Waals surface area contributed by atoms with E-state index >= 15 is 0 Å². The van der Waals surface area contributed by atoms with Crippen molar-refractivity contribution in [1.29, 1.82) is 5.26 Å². The average molecular weight is 493 g/mol. The van der Waals surface area contributed by atoms with Crippen LogP contribution in [0.3, 0.4) is 0 Å². The van der Waals surface area contributed by atoms with Gasteiger partial charge in [0.05, 0.1) is 18.2 Å². The summed E-state index contributed by atoms with van der Waals surface area (Å²) >= 11 is 0. The van der Waals surface area contributed by atoms with Crippen LogP contribution in [0.4, 0.5) is 4.79 Å². The Morgan fingerprint density at radius 1 is 0.971 bits per heavy atom. The second-order valence-corrected chi connectivity index (χ2v) is 15.9. The number of rotatable bonds is 6. The molecule has 0 aliphatic heterocycles. The Morgan fingerprint density at radius 3 is 1.97 bits per heavy atom. The van der Waals surface area contributed by atoms with E-state index in [1.807, 2.05) is 32.9 Å². The van der Waals surface area contributed by atoms with Crippen LogP contribution in [0.2, 0.25) is 5.04 Å². The summed E-state index contributed by atoms with van der Waals surface area (Å²) in [5.74, 6) is 0.235. The van der Waals surface area contributed by atoms with E-state index < -0.39 is 20.0 Å². The van der Waals surface area contributed by atoms with E-state index in [2.05, 4.69) is 80.7 Å². The second kappa shape index (κ2) is 11.0. The Balaban J connectivity index is 2.04. The lowest BCUT2D eigenvalue weighted by Crippen LogP contribution is -2.69. The molecule has 0 saturated heterocycles. The van der Waals surface area contributed by atoms with Gasteiger partial charge in [0.25, 0.3) is 8.32 Å². The molecule has 1 aliphatic rings. The van der Waals surface area contributed by atoms with Crippen molar-refractivity contribution in [3.05, 3.63) is 60.7 Å². The number of hydrogen-bond donors (Lipinski definition) is 1. The van der Waals surface area contributed by atoms with Crippen LogP contribution < -0.4 is 15.7 Å². The standard InChI is InChI=1S/C29H40N2O3Si/c1-28(2,3)33-27(32)31-25-21-22(19-20-30)17-18-26(25)34-35(29(4,5)6,23-13-9-7-10-14-23)24-15-11-8-12-16-24/h7-16,22,25-26H,17-19,21H2,1-6H3,(H,31,32)/t22-,25-,26-/m1/s1. The number of amides is 1. The predicted molar refractivity (Wildman–Crippen MR) is 143 cm³/mol. The largest absolute Gasteiger partial charge is 0.444 e. The molecule has 1 saturated carbocycles. The van der Waals surface area contributed by atoms with Crippen molar-refractivity contribution in [2.75, 3.05) is 0 Å². The van der Waals surface area contributed by atoms with Gasteiger partial charge in [-0.05, 0) is 61.4 Å². The van der Waals surface area contributed by atoms with Crippen LogP contribution in [0.5, 0.6) is 0 Å². The highest BCUT2D eigenvalue weighted by Gasteiger charge is 2.52. The molecule has 2 aromatic rings. The lowest BCUT2D eigenvalue weighted by molar-refractivity contribution is 0.0345. The molecule has 0 heterocycles. The zero-order valence-electron chi connectivity index (χ0n) is 22.0. The van der Waals surface area contributed by atoms with E-state index in [0.717, 1.165) is 12.8 Å². The predicted octanol–water partition coefficient (Wildman–Crippen LogP) is 5.54. The number of carbonyl (C=O) groups excluding carboxylic acids is 1. The first-order valence-corrected chi connectivity index (χ1v) is 14.5. The van der Waals surface area contributed by atoms with Gasteiger partial charge in [-0.3, -0.25) is 0 Å². The number of benzene rings is 2. The number of alkyl carbamates (subject to hydrolysis) is 1. The van der Waals surface area contributed by atoms with Crippen LogP contribution in [-0.2, 0) is 9.16 Å².